The van der Waals surface area contributed by atoms with Gasteiger partial charge in [-0.25, -0.2) is 4.39 Å². The molecule has 1 aliphatic carbocycles. The number of rotatable bonds is 4. The van der Waals surface area contributed by atoms with Crippen molar-refractivity contribution in [1.82, 2.24) is 9.80 Å². The molecule has 1 saturated carbocycles. The molecule has 2 heterocycles. The Morgan fingerprint density at radius 2 is 1.88 bits per heavy atom. The first kappa shape index (κ1) is 17.3. The molecule has 1 aromatic carbocycles. The van der Waals surface area contributed by atoms with Gasteiger partial charge in [-0.2, -0.15) is 0 Å². The van der Waals surface area contributed by atoms with Gasteiger partial charge in [0.15, 0.2) is 0 Å². The monoisotopic (exact) mass is 360 g/mol. The molecule has 4 rings (SSSR count). The second-order valence-electron chi connectivity index (χ2n) is 7.61. The minimum absolute atomic E-state index is 0.0109. The molecule has 3 fully saturated rings. The number of ether oxygens (including phenoxy) is 1. The van der Waals surface area contributed by atoms with Gasteiger partial charge in [-0.05, 0) is 31.4 Å². The van der Waals surface area contributed by atoms with Crippen molar-refractivity contribution in [3.05, 3.63) is 30.1 Å². The average molecular weight is 360 g/mol. The number of halogens is 1. The Hall–Kier alpha value is -2.11. The maximum absolute atomic E-state index is 13.3. The van der Waals surface area contributed by atoms with Gasteiger partial charge >= 0.3 is 0 Å². The number of hydrogen-bond acceptors (Lipinski definition) is 3. The van der Waals surface area contributed by atoms with E-state index in [4.69, 9.17) is 4.74 Å². The Kier molecular flexibility index (Phi) is 4.83. The molecule has 140 valence electrons. The van der Waals surface area contributed by atoms with Crippen LogP contribution in [0.1, 0.15) is 38.5 Å². The Balaban J connectivity index is 1.28. The number of carbonyl (C=O) groups is 2. The number of piperidine rings is 2. The van der Waals surface area contributed by atoms with Crippen LogP contribution in [0.4, 0.5) is 4.39 Å². The summed E-state index contributed by atoms with van der Waals surface area (Å²) < 4.78 is 19.1. The lowest BCUT2D eigenvalue weighted by atomic mass is 9.94. The summed E-state index contributed by atoms with van der Waals surface area (Å²) in [6.07, 6.45) is 4.83. The number of amides is 2. The molecule has 0 spiro atoms. The molecule has 3 aliphatic rings. The highest BCUT2D eigenvalue weighted by Gasteiger charge is 2.40. The molecule has 1 aromatic rings. The van der Waals surface area contributed by atoms with Crippen molar-refractivity contribution in [1.29, 1.82) is 0 Å². The molecule has 0 N–H and O–H groups in total. The third kappa shape index (κ3) is 3.84. The highest BCUT2D eigenvalue weighted by atomic mass is 19.1. The lowest BCUT2D eigenvalue weighted by molar-refractivity contribution is -0.144. The zero-order chi connectivity index (χ0) is 18.1. The summed E-state index contributed by atoms with van der Waals surface area (Å²) >= 11 is 0. The van der Waals surface area contributed by atoms with Crippen LogP contribution in [-0.4, -0.2) is 53.4 Å². The van der Waals surface area contributed by atoms with Crippen LogP contribution in [0.25, 0.3) is 0 Å². The minimum atomic E-state index is -0.304. The van der Waals surface area contributed by atoms with Crippen molar-refractivity contribution in [2.24, 2.45) is 5.92 Å². The maximum Gasteiger partial charge on any atom is 0.227 e. The van der Waals surface area contributed by atoms with E-state index in [1.165, 1.54) is 12.1 Å². The van der Waals surface area contributed by atoms with E-state index in [0.717, 1.165) is 25.7 Å². The summed E-state index contributed by atoms with van der Waals surface area (Å²) in [5.41, 5.74) is 0. The Morgan fingerprint density at radius 1 is 1.12 bits per heavy atom. The van der Waals surface area contributed by atoms with Crippen molar-refractivity contribution in [3.63, 3.8) is 0 Å². The molecule has 0 bridgehead atoms. The number of benzene rings is 1. The first-order valence-electron chi connectivity index (χ1n) is 9.60. The van der Waals surface area contributed by atoms with Crippen LogP contribution in [0.5, 0.6) is 5.75 Å². The van der Waals surface area contributed by atoms with E-state index in [1.54, 1.807) is 12.1 Å². The first-order chi connectivity index (χ1) is 12.6. The van der Waals surface area contributed by atoms with E-state index in [1.807, 2.05) is 9.80 Å². The molecule has 0 aromatic heterocycles. The summed E-state index contributed by atoms with van der Waals surface area (Å²) in [6, 6.07) is 6.56. The normalized spacial score (nSPS) is 24.7. The predicted molar refractivity (Wildman–Crippen MR) is 94.1 cm³/mol. The highest BCUT2D eigenvalue weighted by Crippen LogP contribution is 2.32. The van der Waals surface area contributed by atoms with Crippen molar-refractivity contribution < 1.29 is 18.7 Å². The molecule has 2 saturated heterocycles. The fourth-order valence-electron chi connectivity index (χ4n) is 4.00. The van der Waals surface area contributed by atoms with Gasteiger partial charge in [0.05, 0.1) is 5.92 Å². The minimum Gasteiger partial charge on any atom is -0.490 e. The van der Waals surface area contributed by atoms with E-state index >= 15 is 0 Å². The second kappa shape index (κ2) is 7.25. The smallest absolute Gasteiger partial charge is 0.227 e. The van der Waals surface area contributed by atoms with E-state index in [-0.39, 0.29) is 29.7 Å². The summed E-state index contributed by atoms with van der Waals surface area (Å²) in [7, 11) is 0. The van der Waals surface area contributed by atoms with Crippen LogP contribution < -0.4 is 4.74 Å². The van der Waals surface area contributed by atoms with Gasteiger partial charge in [-0.1, -0.05) is 6.07 Å². The Labute approximate surface area is 153 Å². The van der Waals surface area contributed by atoms with E-state index in [2.05, 4.69) is 0 Å². The SMILES string of the molecule is O=C([C@H]1CCC(=O)N(C2CC2)C1)N1CCC(Oc2cccc(F)c2)CC1. The summed E-state index contributed by atoms with van der Waals surface area (Å²) in [4.78, 5) is 28.7. The van der Waals surface area contributed by atoms with Crippen LogP contribution in [0.2, 0.25) is 0 Å². The second-order valence-corrected chi connectivity index (χ2v) is 7.61. The van der Waals surface area contributed by atoms with E-state index < -0.39 is 0 Å². The van der Waals surface area contributed by atoms with Crippen molar-refractivity contribution >= 4 is 11.8 Å². The first-order valence-corrected chi connectivity index (χ1v) is 9.60. The van der Waals surface area contributed by atoms with Crippen LogP contribution >= 0.6 is 0 Å². The van der Waals surface area contributed by atoms with Crippen LogP contribution in [-0.2, 0) is 9.59 Å². The van der Waals surface area contributed by atoms with E-state index in [0.29, 0.717) is 44.3 Å². The third-order valence-corrected chi connectivity index (χ3v) is 5.63. The fourth-order valence-corrected chi connectivity index (χ4v) is 4.00. The number of nitrogens with zero attached hydrogens (tertiary/aromatic N) is 2. The zero-order valence-corrected chi connectivity index (χ0v) is 14.9. The molecule has 1 atom stereocenters. The fraction of sp³-hybridized carbons (Fsp3) is 0.600. The lowest BCUT2D eigenvalue weighted by Crippen LogP contribution is -2.50. The number of carbonyl (C=O) groups excluding carboxylic acids is 2. The average Bonchev–Trinajstić information content (AvgIpc) is 3.47. The molecule has 2 amide bonds. The van der Waals surface area contributed by atoms with Gasteiger partial charge < -0.3 is 14.5 Å². The third-order valence-electron chi connectivity index (χ3n) is 5.63. The van der Waals surface area contributed by atoms with Crippen molar-refractivity contribution in [2.45, 2.75) is 50.7 Å². The number of hydrogen-bond donors (Lipinski definition) is 0. The van der Waals surface area contributed by atoms with Crippen LogP contribution in [0.3, 0.4) is 0 Å². The summed E-state index contributed by atoms with van der Waals surface area (Å²) in [5, 5.41) is 0. The Bertz CT molecular complexity index is 683. The topological polar surface area (TPSA) is 49.9 Å². The molecule has 5 nitrogen and oxygen atoms in total. The van der Waals surface area contributed by atoms with Gasteiger partial charge in [-0.15, -0.1) is 0 Å². The molecular formula is C20H25FN2O3. The molecule has 26 heavy (non-hydrogen) atoms. The molecule has 2 aliphatic heterocycles. The maximum atomic E-state index is 13.3. The van der Waals surface area contributed by atoms with Crippen molar-refractivity contribution in [3.8, 4) is 5.75 Å². The standard InChI is InChI=1S/C20H25FN2O3/c21-15-2-1-3-18(12-15)26-17-8-10-22(11-9-17)20(25)14-4-7-19(24)23(13-14)16-5-6-16/h1-3,12,14,16-17H,4-11,13H2/t14-/m0/s1. The predicted octanol–water partition coefficient (Wildman–Crippen LogP) is 2.60. The lowest BCUT2D eigenvalue weighted by Gasteiger charge is -2.37. The van der Waals surface area contributed by atoms with Gasteiger partial charge in [0, 0.05) is 51.0 Å². The van der Waals surface area contributed by atoms with Crippen LogP contribution in [0, 0.1) is 11.7 Å². The summed E-state index contributed by atoms with van der Waals surface area (Å²) in [5.74, 6) is 0.558. The molecule has 6 heteroatoms. The van der Waals surface area contributed by atoms with Gasteiger partial charge in [0.25, 0.3) is 0 Å². The number of likely N-dealkylation sites (tertiary alicyclic amines) is 2. The van der Waals surface area contributed by atoms with E-state index in [9.17, 15) is 14.0 Å². The molecule has 0 radical (unpaired) electrons. The van der Waals surface area contributed by atoms with Gasteiger partial charge in [0.1, 0.15) is 17.7 Å². The van der Waals surface area contributed by atoms with Gasteiger partial charge in [0.2, 0.25) is 11.8 Å². The summed E-state index contributed by atoms with van der Waals surface area (Å²) in [6.45, 7) is 1.90. The zero-order valence-electron chi connectivity index (χ0n) is 14.9. The quantitative estimate of drug-likeness (QED) is 0.829. The highest BCUT2D eigenvalue weighted by molar-refractivity contribution is 5.84. The van der Waals surface area contributed by atoms with Gasteiger partial charge in [-0.3, -0.25) is 9.59 Å². The van der Waals surface area contributed by atoms with Crippen molar-refractivity contribution in [2.75, 3.05) is 19.6 Å². The molecule has 0 unspecified atom stereocenters. The largest absolute Gasteiger partial charge is 0.490 e. The molecular weight excluding hydrogens is 335 g/mol. The van der Waals surface area contributed by atoms with Crippen LogP contribution in [0.15, 0.2) is 24.3 Å². The Morgan fingerprint density at radius 3 is 2.58 bits per heavy atom.